The highest BCUT2D eigenvalue weighted by atomic mass is 35.5. The van der Waals surface area contributed by atoms with Gasteiger partial charge >= 0.3 is 0 Å². The molecular weight excluding hydrogens is 265 g/mol. The zero-order valence-electron chi connectivity index (χ0n) is 11.4. The zero-order valence-corrected chi connectivity index (χ0v) is 12.1. The molecule has 4 heteroatoms. The van der Waals surface area contributed by atoms with E-state index in [1.807, 2.05) is 14.1 Å². The Morgan fingerprint density at radius 3 is 2.84 bits per heavy atom. The second kappa shape index (κ2) is 8.79. The summed E-state index contributed by atoms with van der Waals surface area (Å²) in [4.78, 5) is 2.08. The van der Waals surface area contributed by atoms with Crippen LogP contribution in [0.5, 0.6) is 5.75 Å². The molecule has 0 radical (unpaired) electrons. The molecule has 0 amide bonds. The Kier molecular flexibility index (Phi) is 7.32. The zero-order chi connectivity index (χ0) is 14.1. The molecule has 104 valence electrons. The number of benzene rings is 1. The van der Waals surface area contributed by atoms with Gasteiger partial charge in [-0.3, -0.25) is 0 Å². The molecule has 0 aliphatic rings. The fourth-order valence-corrected chi connectivity index (χ4v) is 1.58. The molecule has 0 atom stereocenters. The van der Waals surface area contributed by atoms with Gasteiger partial charge in [0.1, 0.15) is 11.6 Å². The molecule has 0 aliphatic carbocycles. The number of rotatable bonds is 6. The van der Waals surface area contributed by atoms with Crippen LogP contribution in [0.3, 0.4) is 0 Å². The summed E-state index contributed by atoms with van der Waals surface area (Å²) in [6.45, 7) is 1.48. The van der Waals surface area contributed by atoms with E-state index < -0.39 is 0 Å². The van der Waals surface area contributed by atoms with Gasteiger partial charge in [-0.25, -0.2) is 4.39 Å². The molecule has 19 heavy (non-hydrogen) atoms. The predicted molar refractivity (Wildman–Crippen MR) is 77.3 cm³/mol. The molecule has 0 fully saturated rings. The van der Waals surface area contributed by atoms with Crippen molar-refractivity contribution in [3.63, 3.8) is 0 Å². The average Bonchev–Trinajstić information content (AvgIpc) is 2.37. The van der Waals surface area contributed by atoms with Crippen LogP contribution in [0.2, 0.25) is 0 Å². The van der Waals surface area contributed by atoms with Crippen molar-refractivity contribution in [1.29, 1.82) is 0 Å². The standard InChI is InChI=1S/C15H19ClFNO/c1-18(2)10-5-11-19-15-12-14(17)8-7-13(15)6-3-4-9-16/h7-8,12H,4-5,9-11H2,1-2H3. The number of hydrogen-bond acceptors (Lipinski definition) is 2. The fourth-order valence-electron chi connectivity index (χ4n) is 1.49. The minimum atomic E-state index is -0.314. The third-order valence-corrected chi connectivity index (χ3v) is 2.58. The second-order valence-electron chi connectivity index (χ2n) is 4.39. The van der Waals surface area contributed by atoms with E-state index >= 15 is 0 Å². The molecule has 2 nitrogen and oxygen atoms in total. The predicted octanol–water partition coefficient (Wildman–Crippen LogP) is 3.14. The minimum Gasteiger partial charge on any atom is -0.492 e. The lowest BCUT2D eigenvalue weighted by molar-refractivity contribution is 0.280. The molecule has 0 saturated carbocycles. The third kappa shape index (κ3) is 6.47. The highest BCUT2D eigenvalue weighted by Crippen LogP contribution is 2.19. The molecule has 1 rings (SSSR count). The summed E-state index contributed by atoms with van der Waals surface area (Å²) < 4.78 is 18.8. The molecule has 0 aliphatic heterocycles. The second-order valence-corrected chi connectivity index (χ2v) is 4.76. The maximum Gasteiger partial charge on any atom is 0.137 e. The monoisotopic (exact) mass is 283 g/mol. The van der Waals surface area contributed by atoms with Gasteiger partial charge in [-0.1, -0.05) is 11.8 Å². The largest absolute Gasteiger partial charge is 0.492 e. The van der Waals surface area contributed by atoms with E-state index in [4.69, 9.17) is 16.3 Å². The summed E-state index contributed by atoms with van der Waals surface area (Å²) in [7, 11) is 4.01. The van der Waals surface area contributed by atoms with Crippen LogP contribution in [-0.4, -0.2) is 38.0 Å². The Bertz CT molecular complexity index is 451. The quantitative estimate of drug-likeness (QED) is 0.452. The Morgan fingerprint density at radius 2 is 2.16 bits per heavy atom. The van der Waals surface area contributed by atoms with Crippen LogP contribution in [0.15, 0.2) is 18.2 Å². The first-order valence-electron chi connectivity index (χ1n) is 6.25. The lowest BCUT2D eigenvalue weighted by Gasteiger charge is -2.11. The first kappa shape index (κ1) is 15.8. The number of hydrogen-bond donors (Lipinski definition) is 0. The Balaban J connectivity index is 2.64. The molecule has 0 aromatic heterocycles. The lowest BCUT2D eigenvalue weighted by atomic mass is 10.2. The average molecular weight is 284 g/mol. The van der Waals surface area contributed by atoms with E-state index in [9.17, 15) is 4.39 Å². The van der Waals surface area contributed by atoms with Crippen molar-refractivity contribution < 1.29 is 9.13 Å². The van der Waals surface area contributed by atoms with Crippen molar-refractivity contribution in [2.24, 2.45) is 0 Å². The van der Waals surface area contributed by atoms with Gasteiger partial charge in [0.15, 0.2) is 0 Å². The Hall–Kier alpha value is -1.24. The van der Waals surface area contributed by atoms with Crippen molar-refractivity contribution in [3.05, 3.63) is 29.6 Å². The van der Waals surface area contributed by atoms with E-state index in [2.05, 4.69) is 16.7 Å². The van der Waals surface area contributed by atoms with Gasteiger partial charge in [-0.15, -0.1) is 11.6 Å². The van der Waals surface area contributed by atoms with Gasteiger partial charge in [-0.2, -0.15) is 0 Å². The first-order valence-corrected chi connectivity index (χ1v) is 6.79. The first-order chi connectivity index (χ1) is 9.13. The topological polar surface area (TPSA) is 12.5 Å². The van der Waals surface area contributed by atoms with Crippen LogP contribution in [0.4, 0.5) is 4.39 Å². The van der Waals surface area contributed by atoms with Gasteiger partial charge in [0.25, 0.3) is 0 Å². The van der Waals surface area contributed by atoms with Gasteiger partial charge in [-0.05, 0) is 32.6 Å². The van der Waals surface area contributed by atoms with Gasteiger partial charge in [0, 0.05) is 24.9 Å². The van der Waals surface area contributed by atoms with E-state index in [0.29, 0.717) is 30.2 Å². The molecule has 1 aromatic carbocycles. The number of nitrogens with zero attached hydrogens (tertiary/aromatic N) is 1. The fraction of sp³-hybridized carbons (Fsp3) is 0.467. The molecule has 1 aromatic rings. The van der Waals surface area contributed by atoms with E-state index in [0.717, 1.165) is 13.0 Å². The number of ether oxygens (including phenoxy) is 1. The third-order valence-electron chi connectivity index (χ3n) is 2.39. The van der Waals surface area contributed by atoms with E-state index in [1.165, 1.54) is 12.1 Å². The molecule has 0 heterocycles. The van der Waals surface area contributed by atoms with Crippen LogP contribution in [-0.2, 0) is 0 Å². The Labute approximate surface area is 119 Å². The number of halogens is 2. The molecular formula is C15H19ClFNO. The van der Waals surface area contributed by atoms with Gasteiger partial charge in [0.2, 0.25) is 0 Å². The van der Waals surface area contributed by atoms with Gasteiger partial charge < -0.3 is 9.64 Å². The summed E-state index contributed by atoms with van der Waals surface area (Å²) in [6.07, 6.45) is 1.50. The molecule has 0 saturated heterocycles. The van der Waals surface area contributed by atoms with Gasteiger partial charge in [0.05, 0.1) is 12.2 Å². The Morgan fingerprint density at radius 1 is 1.37 bits per heavy atom. The van der Waals surface area contributed by atoms with Crippen LogP contribution in [0.25, 0.3) is 0 Å². The lowest BCUT2D eigenvalue weighted by Crippen LogP contribution is -2.15. The summed E-state index contributed by atoms with van der Waals surface area (Å²) in [5, 5.41) is 0. The summed E-state index contributed by atoms with van der Waals surface area (Å²) >= 11 is 5.57. The van der Waals surface area contributed by atoms with Crippen LogP contribution in [0.1, 0.15) is 18.4 Å². The number of alkyl halides is 1. The molecule has 0 N–H and O–H groups in total. The van der Waals surface area contributed by atoms with Crippen molar-refractivity contribution in [2.75, 3.05) is 33.1 Å². The van der Waals surface area contributed by atoms with Crippen LogP contribution >= 0.6 is 11.6 Å². The SMILES string of the molecule is CN(C)CCCOc1cc(F)ccc1C#CCCCl. The maximum atomic E-state index is 13.2. The highest BCUT2D eigenvalue weighted by Gasteiger charge is 2.03. The van der Waals surface area contributed by atoms with Crippen molar-refractivity contribution in [2.45, 2.75) is 12.8 Å². The maximum absolute atomic E-state index is 13.2. The summed E-state index contributed by atoms with van der Waals surface area (Å²) in [5.74, 6) is 6.56. The van der Waals surface area contributed by atoms with E-state index in [-0.39, 0.29) is 5.82 Å². The normalized spacial score (nSPS) is 10.2. The highest BCUT2D eigenvalue weighted by molar-refractivity contribution is 6.18. The molecule has 0 bridgehead atoms. The molecule has 0 unspecified atom stereocenters. The van der Waals surface area contributed by atoms with Crippen molar-refractivity contribution in [3.8, 4) is 17.6 Å². The molecule has 0 spiro atoms. The van der Waals surface area contributed by atoms with Crippen LogP contribution < -0.4 is 4.74 Å². The smallest absolute Gasteiger partial charge is 0.137 e. The van der Waals surface area contributed by atoms with Crippen molar-refractivity contribution in [1.82, 2.24) is 4.90 Å². The van der Waals surface area contributed by atoms with Crippen molar-refractivity contribution >= 4 is 11.6 Å². The summed E-state index contributed by atoms with van der Waals surface area (Å²) in [5.41, 5.74) is 0.705. The van der Waals surface area contributed by atoms with E-state index in [1.54, 1.807) is 6.07 Å². The minimum absolute atomic E-state index is 0.314. The summed E-state index contributed by atoms with van der Waals surface area (Å²) in [6, 6.07) is 4.40. The van der Waals surface area contributed by atoms with Crippen LogP contribution in [0, 0.1) is 17.7 Å².